The van der Waals surface area contributed by atoms with Gasteiger partial charge >= 0.3 is 5.97 Å². The van der Waals surface area contributed by atoms with E-state index in [9.17, 15) is 4.79 Å². The largest absolute Gasteiger partial charge is 0.480 e. The lowest BCUT2D eigenvalue weighted by atomic mass is 10.0. The number of carboxylic acids is 1. The van der Waals surface area contributed by atoms with Crippen LogP contribution in [0.15, 0.2) is 24.3 Å². The van der Waals surface area contributed by atoms with Crippen LogP contribution in [0.3, 0.4) is 0 Å². The van der Waals surface area contributed by atoms with E-state index in [1.54, 1.807) is 0 Å². The Bertz CT molecular complexity index is 548. The van der Waals surface area contributed by atoms with Crippen LogP contribution in [0.25, 0.3) is 10.9 Å². The lowest BCUT2D eigenvalue weighted by Gasteiger charge is -2.06. The fourth-order valence-corrected chi connectivity index (χ4v) is 1.91. The fraction of sp³-hybridized carbons (Fsp3) is 0.250. The number of nitrogen functional groups attached to an aromatic ring is 1. The number of hydrogen-bond acceptors (Lipinski definition) is 3. The summed E-state index contributed by atoms with van der Waals surface area (Å²) in [6, 6.07) is 6.90. The van der Waals surface area contributed by atoms with Crippen LogP contribution >= 0.6 is 0 Å². The molecule has 1 heterocycles. The van der Waals surface area contributed by atoms with Crippen LogP contribution in [0.1, 0.15) is 12.0 Å². The van der Waals surface area contributed by atoms with Gasteiger partial charge in [-0.25, -0.2) is 0 Å². The average Bonchev–Trinajstić information content (AvgIpc) is 2.61. The summed E-state index contributed by atoms with van der Waals surface area (Å²) in [6.07, 6.45) is 0.935. The van der Waals surface area contributed by atoms with Crippen LogP contribution in [0.2, 0.25) is 0 Å². The Morgan fingerprint density at radius 1 is 1.41 bits per heavy atom. The molecule has 1 unspecified atom stereocenters. The summed E-state index contributed by atoms with van der Waals surface area (Å²) in [6.45, 7) is 0. The van der Waals surface area contributed by atoms with Crippen LogP contribution in [0, 0.1) is 0 Å². The van der Waals surface area contributed by atoms with Crippen LogP contribution < -0.4 is 11.5 Å². The monoisotopic (exact) mass is 233 g/mol. The minimum atomic E-state index is -0.983. The van der Waals surface area contributed by atoms with Crippen molar-refractivity contribution < 1.29 is 9.90 Å². The molecule has 5 nitrogen and oxygen atoms in total. The second-order valence-corrected chi connectivity index (χ2v) is 4.05. The molecule has 0 aliphatic rings. The fourth-order valence-electron chi connectivity index (χ4n) is 1.91. The van der Waals surface area contributed by atoms with Gasteiger partial charge in [-0.05, 0) is 18.9 Å². The third-order valence-electron chi connectivity index (χ3n) is 2.87. The number of rotatable bonds is 4. The van der Waals surface area contributed by atoms with Crippen molar-refractivity contribution in [2.75, 3.05) is 5.73 Å². The molecule has 90 valence electrons. The molecule has 6 N–H and O–H groups in total. The number of H-pyrrole nitrogens is 1. The topological polar surface area (TPSA) is 105 Å². The minimum absolute atomic E-state index is 0.376. The van der Waals surface area contributed by atoms with E-state index in [4.69, 9.17) is 16.6 Å². The number of aromatic nitrogens is 1. The Hall–Kier alpha value is -2.01. The van der Waals surface area contributed by atoms with Crippen molar-refractivity contribution in [3.8, 4) is 0 Å². The first kappa shape index (κ1) is 11.5. The van der Waals surface area contributed by atoms with Crippen molar-refractivity contribution in [3.63, 3.8) is 0 Å². The minimum Gasteiger partial charge on any atom is -0.480 e. The van der Waals surface area contributed by atoms with Gasteiger partial charge in [0.05, 0.1) is 0 Å². The zero-order valence-corrected chi connectivity index (χ0v) is 9.31. The number of aromatic amines is 1. The molecule has 2 aromatic rings. The Morgan fingerprint density at radius 2 is 2.12 bits per heavy atom. The number of benzene rings is 1. The van der Waals surface area contributed by atoms with E-state index in [1.807, 2.05) is 24.3 Å². The molecule has 0 saturated carbocycles. The molecular formula is C12H15N3O2. The van der Waals surface area contributed by atoms with E-state index in [2.05, 4.69) is 4.98 Å². The van der Waals surface area contributed by atoms with E-state index in [1.165, 1.54) is 0 Å². The Morgan fingerprint density at radius 3 is 2.82 bits per heavy atom. The lowest BCUT2D eigenvalue weighted by molar-refractivity contribution is -0.138. The predicted octanol–water partition coefficient (Wildman–Crippen LogP) is 1.09. The number of fused-ring (bicyclic) bond motifs is 1. The highest BCUT2D eigenvalue weighted by Gasteiger charge is 2.14. The Kier molecular flexibility index (Phi) is 3.01. The summed E-state index contributed by atoms with van der Waals surface area (Å²) >= 11 is 0. The molecule has 1 aromatic heterocycles. The van der Waals surface area contributed by atoms with Gasteiger partial charge in [-0.15, -0.1) is 0 Å². The number of carbonyl (C=O) groups is 1. The molecule has 2 rings (SSSR count). The Balaban J connectivity index is 2.23. The molecule has 0 radical (unpaired) electrons. The maximum Gasteiger partial charge on any atom is 0.320 e. The Labute approximate surface area is 98.4 Å². The maximum absolute atomic E-state index is 10.6. The van der Waals surface area contributed by atoms with Crippen molar-refractivity contribution in [1.82, 2.24) is 4.98 Å². The molecule has 1 atom stereocenters. The lowest BCUT2D eigenvalue weighted by Crippen LogP contribution is -2.30. The predicted molar refractivity (Wildman–Crippen MR) is 66.6 cm³/mol. The molecule has 1 aromatic carbocycles. The smallest absolute Gasteiger partial charge is 0.320 e. The third-order valence-corrected chi connectivity index (χ3v) is 2.87. The number of para-hydroxylation sites is 1. The molecule has 17 heavy (non-hydrogen) atoms. The number of nitrogens with two attached hydrogens (primary N) is 2. The quantitative estimate of drug-likeness (QED) is 0.634. The SMILES string of the molecule is Nc1[nH]c2ccccc2c1CCC(N)C(=O)O. The van der Waals surface area contributed by atoms with E-state index in [-0.39, 0.29) is 0 Å². The first-order chi connectivity index (χ1) is 8.09. The van der Waals surface area contributed by atoms with Crippen molar-refractivity contribution in [3.05, 3.63) is 29.8 Å². The van der Waals surface area contributed by atoms with Gasteiger partial charge in [-0.2, -0.15) is 0 Å². The van der Waals surface area contributed by atoms with Gasteiger partial charge < -0.3 is 21.6 Å². The maximum atomic E-state index is 10.6. The number of aryl methyl sites for hydroxylation is 1. The van der Waals surface area contributed by atoms with E-state index in [0.29, 0.717) is 18.7 Å². The summed E-state index contributed by atoms with van der Waals surface area (Å²) < 4.78 is 0. The third kappa shape index (κ3) is 2.24. The van der Waals surface area contributed by atoms with E-state index >= 15 is 0 Å². The molecule has 0 saturated heterocycles. The molecule has 0 bridgehead atoms. The number of nitrogens with one attached hydrogen (secondary N) is 1. The molecule has 0 spiro atoms. The van der Waals surface area contributed by atoms with Crippen LogP contribution in [0.5, 0.6) is 0 Å². The average molecular weight is 233 g/mol. The number of anilines is 1. The van der Waals surface area contributed by atoms with Gasteiger partial charge in [0.1, 0.15) is 11.9 Å². The molecule has 0 fully saturated rings. The summed E-state index contributed by atoms with van der Waals surface area (Å²) in [7, 11) is 0. The normalized spacial score (nSPS) is 12.8. The molecule has 0 aliphatic carbocycles. The van der Waals surface area contributed by atoms with Crippen molar-refractivity contribution in [2.24, 2.45) is 5.73 Å². The highest BCUT2D eigenvalue weighted by atomic mass is 16.4. The molecule has 5 heteroatoms. The number of hydrogen-bond donors (Lipinski definition) is 4. The standard InChI is InChI=1S/C12H15N3O2/c13-9(12(16)17)6-5-8-7-3-1-2-4-10(7)15-11(8)14/h1-4,9,15H,5-6,13-14H2,(H,16,17). The van der Waals surface area contributed by atoms with Crippen molar-refractivity contribution in [2.45, 2.75) is 18.9 Å². The summed E-state index contributed by atoms with van der Waals surface area (Å²) in [5, 5.41) is 9.76. The second-order valence-electron chi connectivity index (χ2n) is 4.05. The van der Waals surface area contributed by atoms with Crippen molar-refractivity contribution >= 4 is 22.7 Å². The number of carboxylic acid groups (broad SMARTS) is 1. The zero-order chi connectivity index (χ0) is 12.4. The first-order valence-corrected chi connectivity index (χ1v) is 5.43. The number of aliphatic carboxylic acids is 1. The van der Waals surface area contributed by atoms with Gasteiger partial charge in [0.25, 0.3) is 0 Å². The molecule has 0 aliphatic heterocycles. The van der Waals surface area contributed by atoms with Gasteiger partial charge in [0.15, 0.2) is 0 Å². The van der Waals surface area contributed by atoms with E-state index < -0.39 is 12.0 Å². The summed E-state index contributed by atoms with van der Waals surface area (Å²) in [4.78, 5) is 13.7. The summed E-state index contributed by atoms with van der Waals surface area (Å²) in [5.74, 6) is -0.396. The highest BCUT2D eigenvalue weighted by Crippen LogP contribution is 2.25. The van der Waals surface area contributed by atoms with Crippen molar-refractivity contribution in [1.29, 1.82) is 0 Å². The van der Waals surface area contributed by atoms with Gasteiger partial charge in [-0.1, -0.05) is 18.2 Å². The van der Waals surface area contributed by atoms with Gasteiger partial charge in [0.2, 0.25) is 0 Å². The molecule has 0 amide bonds. The van der Waals surface area contributed by atoms with E-state index in [0.717, 1.165) is 16.5 Å². The molecular weight excluding hydrogens is 218 g/mol. The zero-order valence-electron chi connectivity index (χ0n) is 9.31. The van der Waals surface area contributed by atoms with Crippen LogP contribution in [0.4, 0.5) is 5.82 Å². The highest BCUT2D eigenvalue weighted by molar-refractivity contribution is 5.88. The second kappa shape index (κ2) is 4.47. The van der Waals surface area contributed by atoms with Gasteiger partial charge in [-0.3, -0.25) is 4.79 Å². The van der Waals surface area contributed by atoms with Crippen LogP contribution in [-0.4, -0.2) is 22.1 Å². The van der Waals surface area contributed by atoms with Gasteiger partial charge in [0, 0.05) is 16.5 Å². The first-order valence-electron chi connectivity index (χ1n) is 5.43. The summed E-state index contributed by atoms with van der Waals surface area (Å²) in [5.41, 5.74) is 13.3. The van der Waals surface area contributed by atoms with Crippen LogP contribution in [-0.2, 0) is 11.2 Å².